The number of benzene rings is 2. The molecule has 4 aromatic rings. The van der Waals surface area contributed by atoms with Crippen molar-refractivity contribution in [3.63, 3.8) is 0 Å². The highest BCUT2D eigenvalue weighted by Gasteiger charge is 2.11. The van der Waals surface area contributed by atoms with Crippen LogP contribution in [0.2, 0.25) is 0 Å². The van der Waals surface area contributed by atoms with Crippen LogP contribution in [0.4, 0.5) is 5.82 Å². The number of methoxy groups -OCH3 is 1. The summed E-state index contributed by atoms with van der Waals surface area (Å²) in [4.78, 5) is 14.3. The highest BCUT2D eigenvalue weighted by Crippen LogP contribution is 2.32. The predicted molar refractivity (Wildman–Crippen MR) is 131 cm³/mol. The molecule has 156 valence electrons. The van der Waals surface area contributed by atoms with Crippen molar-refractivity contribution in [2.75, 3.05) is 18.6 Å². The summed E-state index contributed by atoms with van der Waals surface area (Å²) in [7, 11) is 1.61. The number of nitrogens with zero attached hydrogens (tertiary/aromatic N) is 3. The standard InChI is InChI=1S/C25H24N4OS/c1-4-31-21-8-5-16(6-9-21)22-13-18-11-17(7-10-23(18)29-24(22)26)19-12-20(14-27-2)25(30-3)28-15-19/h5-13,15H,2,4,14H2,1,3H3,(H2,26,29). The summed E-state index contributed by atoms with van der Waals surface area (Å²) in [6.45, 7) is 6.18. The second kappa shape index (κ2) is 9.18. The quantitative estimate of drug-likeness (QED) is 0.294. The third-order valence-corrected chi connectivity index (χ3v) is 5.95. The lowest BCUT2D eigenvalue weighted by atomic mass is 10.0. The smallest absolute Gasteiger partial charge is 0.218 e. The van der Waals surface area contributed by atoms with E-state index < -0.39 is 0 Å². The molecule has 0 bridgehead atoms. The molecule has 5 nitrogen and oxygen atoms in total. The van der Waals surface area contributed by atoms with Gasteiger partial charge in [-0.15, -0.1) is 11.8 Å². The third-order valence-electron chi connectivity index (χ3n) is 5.05. The molecule has 0 aliphatic rings. The topological polar surface area (TPSA) is 73.4 Å². The minimum Gasteiger partial charge on any atom is -0.481 e. The first kappa shape index (κ1) is 20.9. The number of thioether (sulfide) groups is 1. The Bertz CT molecular complexity index is 1240. The van der Waals surface area contributed by atoms with Crippen LogP contribution in [0.5, 0.6) is 5.88 Å². The maximum Gasteiger partial charge on any atom is 0.218 e. The Kier molecular flexibility index (Phi) is 6.18. The molecule has 0 fully saturated rings. The number of pyridine rings is 2. The summed E-state index contributed by atoms with van der Waals surface area (Å²) in [6, 6.07) is 18.7. The molecule has 4 rings (SSSR count). The van der Waals surface area contributed by atoms with Gasteiger partial charge in [-0.3, -0.25) is 4.99 Å². The Morgan fingerprint density at radius 3 is 2.52 bits per heavy atom. The van der Waals surface area contributed by atoms with Gasteiger partial charge in [0.25, 0.3) is 0 Å². The van der Waals surface area contributed by atoms with Gasteiger partial charge in [0.05, 0.1) is 19.2 Å². The number of rotatable bonds is 7. The Hall–Kier alpha value is -3.38. The Morgan fingerprint density at radius 1 is 1.03 bits per heavy atom. The summed E-state index contributed by atoms with van der Waals surface area (Å²) in [5.74, 6) is 2.15. The van der Waals surface area contributed by atoms with Crippen molar-refractivity contribution in [2.24, 2.45) is 4.99 Å². The minimum absolute atomic E-state index is 0.451. The molecule has 2 N–H and O–H groups in total. The number of nitrogens with two attached hydrogens (primary N) is 1. The summed E-state index contributed by atoms with van der Waals surface area (Å²) in [6.07, 6.45) is 1.81. The van der Waals surface area contributed by atoms with Crippen molar-refractivity contribution in [3.8, 4) is 28.1 Å². The van der Waals surface area contributed by atoms with Gasteiger partial charge in [0.15, 0.2) is 0 Å². The molecule has 6 heteroatoms. The Balaban J connectivity index is 1.76. The number of anilines is 1. The SMILES string of the molecule is C=NCc1cc(-c2ccc3nc(N)c(-c4ccc(SCC)cc4)cc3c2)cnc1OC. The van der Waals surface area contributed by atoms with Gasteiger partial charge in [-0.2, -0.15) is 0 Å². The van der Waals surface area contributed by atoms with Gasteiger partial charge in [-0.05, 0) is 60.0 Å². The minimum atomic E-state index is 0.451. The summed E-state index contributed by atoms with van der Waals surface area (Å²) in [5.41, 5.74) is 12.1. The van der Waals surface area contributed by atoms with Crippen LogP contribution in [0.25, 0.3) is 33.2 Å². The van der Waals surface area contributed by atoms with Crippen molar-refractivity contribution >= 4 is 35.2 Å². The molecule has 0 aliphatic carbocycles. The molecule has 0 saturated carbocycles. The molecule has 2 aromatic carbocycles. The van der Waals surface area contributed by atoms with Crippen LogP contribution in [0.3, 0.4) is 0 Å². The van der Waals surface area contributed by atoms with Gasteiger partial charge in [0, 0.05) is 33.2 Å². The van der Waals surface area contributed by atoms with Gasteiger partial charge in [-0.1, -0.05) is 25.1 Å². The summed E-state index contributed by atoms with van der Waals surface area (Å²) < 4.78 is 5.34. The monoisotopic (exact) mass is 428 g/mol. The van der Waals surface area contributed by atoms with Gasteiger partial charge in [-0.25, -0.2) is 9.97 Å². The van der Waals surface area contributed by atoms with E-state index in [9.17, 15) is 0 Å². The fourth-order valence-corrected chi connectivity index (χ4v) is 4.23. The van der Waals surface area contributed by atoms with E-state index in [1.807, 2.05) is 36.2 Å². The van der Waals surface area contributed by atoms with Gasteiger partial charge in [0.2, 0.25) is 5.88 Å². The number of hydrogen-bond donors (Lipinski definition) is 1. The molecule has 0 radical (unpaired) electrons. The predicted octanol–water partition coefficient (Wildman–Crippen LogP) is 5.87. The van der Waals surface area contributed by atoms with Gasteiger partial charge in [0.1, 0.15) is 5.82 Å². The number of nitrogen functional groups attached to an aromatic ring is 1. The van der Waals surface area contributed by atoms with E-state index in [0.29, 0.717) is 18.2 Å². The Labute approximate surface area is 186 Å². The molecule has 2 aromatic heterocycles. The van der Waals surface area contributed by atoms with Crippen LogP contribution in [-0.2, 0) is 6.54 Å². The number of fused-ring (bicyclic) bond motifs is 1. The molecule has 31 heavy (non-hydrogen) atoms. The van der Waals surface area contributed by atoms with Gasteiger partial charge < -0.3 is 10.5 Å². The maximum atomic E-state index is 6.29. The molecular weight excluding hydrogens is 404 g/mol. The van der Waals surface area contributed by atoms with Crippen LogP contribution in [0, 0.1) is 0 Å². The van der Waals surface area contributed by atoms with E-state index in [4.69, 9.17) is 10.5 Å². The van der Waals surface area contributed by atoms with Crippen LogP contribution in [0.15, 0.2) is 70.7 Å². The average Bonchev–Trinajstić information content (AvgIpc) is 2.79. The van der Waals surface area contributed by atoms with Crippen LogP contribution in [0.1, 0.15) is 12.5 Å². The third kappa shape index (κ3) is 4.39. The number of ether oxygens (including phenoxy) is 1. The molecule has 0 aliphatic heterocycles. The molecule has 0 spiro atoms. The van der Waals surface area contributed by atoms with Crippen molar-refractivity contribution < 1.29 is 4.74 Å². The van der Waals surface area contributed by atoms with Crippen LogP contribution < -0.4 is 10.5 Å². The number of aliphatic imine (C=N–C) groups is 1. The lowest BCUT2D eigenvalue weighted by Gasteiger charge is -2.11. The lowest BCUT2D eigenvalue weighted by molar-refractivity contribution is 0.393. The van der Waals surface area contributed by atoms with Crippen molar-refractivity contribution in [2.45, 2.75) is 18.4 Å². The van der Waals surface area contributed by atoms with Gasteiger partial charge >= 0.3 is 0 Å². The summed E-state index contributed by atoms with van der Waals surface area (Å²) >= 11 is 1.82. The largest absolute Gasteiger partial charge is 0.481 e. The van der Waals surface area contributed by atoms with E-state index in [1.54, 1.807) is 7.11 Å². The first-order chi connectivity index (χ1) is 15.1. The van der Waals surface area contributed by atoms with E-state index in [-0.39, 0.29) is 0 Å². The molecule has 0 amide bonds. The average molecular weight is 429 g/mol. The zero-order valence-electron chi connectivity index (χ0n) is 17.6. The maximum absolute atomic E-state index is 6.29. The van der Waals surface area contributed by atoms with E-state index >= 15 is 0 Å². The van der Waals surface area contributed by atoms with Crippen LogP contribution >= 0.6 is 11.8 Å². The van der Waals surface area contributed by atoms with Crippen LogP contribution in [-0.4, -0.2) is 29.5 Å². The molecular formula is C25H24N4OS. The molecule has 2 heterocycles. The molecule has 0 saturated heterocycles. The first-order valence-corrected chi connectivity index (χ1v) is 11.0. The van der Waals surface area contributed by atoms with E-state index in [2.05, 4.69) is 65.0 Å². The highest BCUT2D eigenvalue weighted by atomic mass is 32.2. The number of hydrogen-bond acceptors (Lipinski definition) is 6. The summed E-state index contributed by atoms with van der Waals surface area (Å²) in [5, 5.41) is 1.02. The number of aromatic nitrogens is 2. The normalized spacial score (nSPS) is 10.9. The van der Waals surface area contributed by atoms with E-state index in [1.165, 1.54) is 4.90 Å². The lowest BCUT2D eigenvalue weighted by Crippen LogP contribution is -1.96. The second-order valence-electron chi connectivity index (χ2n) is 7.06. The van der Waals surface area contributed by atoms with Crippen molar-refractivity contribution in [1.82, 2.24) is 9.97 Å². The zero-order chi connectivity index (χ0) is 21.8. The fraction of sp³-hybridized carbons (Fsp3) is 0.160. The van der Waals surface area contributed by atoms with E-state index in [0.717, 1.165) is 44.5 Å². The van der Waals surface area contributed by atoms with Crippen molar-refractivity contribution in [1.29, 1.82) is 0 Å². The zero-order valence-corrected chi connectivity index (χ0v) is 18.4. The van der Waals surface area contributed by atoms with Crippen molar-refractivity contribution in [3.05, 3.63) is 66.4 Å². The second-order valence-corrected chi connectivity index (χ2v) is 8.40. The molecule has 0 unspecified atom stereocenters. The Morgan fingerprint density at radius 2 is 1.81 bits per heavy atom. The fourth-order valence-electron chi connectivity index (χ4n) is 3.57. The molecule has 0 atom stereocenters. The first-order valence-electron chi connectivity index (χ1n) is 10.0. The highest BCUT2D eigenvalue weighted by molar-refractivity contribution is 7.99.